The minimum atomic E-state index is -0.129. The molecule has 1 aromatic carbocycles. The van der Waals surface area contributed by atoms with E-state index in [2.05, 4.69) is 6.07 Å². The van der Waals surface area contributed by atoms with Crippen molar-refractivity contribution in [2.45, 2.75) is 11.4 Å². The first-order chi connectivity index (χ1) is 10.7. The summed E-state index contributed by atoms with van der Waals surface area (Å²) in [6, 6.07) is 16.3. The summed E-state index contributed by atoms with van der Waals surface area (Å²) in [5, 5.41) is 20.8. The molecular weight excluding hydrogens is 298 g/mol. The maximum absolute atomic E-state index is 12.4. The number of aromatic nitrogens is 1. The van der Waals surface area contributed by atoms with E-state index < -0.39 is 0 Å². The Morgan fingerprint density at radius 2 is 1.95 bits per heavy atom. The number of carbonyl (C=O) groups excluding carboxylic acids is 1. The van der Waals surface area contributed by atoms with Crippen LogP contribution in [0, 0.1) is 16.5 Å². The highest BCUT2D eigenvalue weighted by Gasteiger charge is 2.17. The third-order valence-electron chi connectivity index (χ3n) is 2.95. The highest BCUT2D eigenvalue weighted by atomic mass is 32.2. The van der Waals surface area contributed by atoms with Gasteiger partial charge >= 0.3 is 0 Å². The highest BCUT2D eigenvalue weighted by molar-refractivity contribution is 7.99. The van der Waals surface area contributed by atoms with Crippen molar-refractivity contribution in [3.05, 3.63) is 59.9 Å². The molecule has 1 heterocycles. The lowest BCUT2D eigenvalue weighted by molar-refractivity contribution is -0.645. The fourth-order valence-corrected chi connectivity index (χ4v) is 2.70. The molecule has 0 radical (unpaired) electrons. The van der Waals surface area contributed by atoms with Gasteiger partial charge < -0.3 is 10.1 Å². The lowest BCUT2D eigenvalue weighted by atomic mass is 10.2. The van der Waals surface area contributed by atoms with E-state index in [0.29, 0.717) is 11.6 Å². The smallest absolute Gasteiger partial charge is 0.251 e. The average molecular weight is 313 g/mol. The second-order valence-corrected chi connectivity index (χ2v) is 5.44. The van der Waals surface area contributed by atoms with Crippen molar-refractivity contribution >= 4 is 23.4 Å². The Morgan fingerprint density at radius 1 is 1.23 bits per heavy atom. The monoisotopic (exact) mass is 313 g/mol. The van der Waals surface area contributed by atoms with E-state index in [1.807, 2.05) is 30.3 Å². The van der Waals surface area contributed by atoms with Gasteiger partial charge in [-0.1, -0.05) is 18.2 Å². The molecule has 2 rings (SSSR count). The van der Waals surface area contributed by atoms with Gasteiger partial charge in [0.2, 0.25) is 5.91 Å². The predicted octanol–water partition coefficient (Wildman–Crippen LogP) is 2.36. The van der Waals surface area contributed by atoms with Crippen LogP contribution >= 0.6 is 11.8 Å². The molecule has 0 atom stereocenters. The molecule has 0 N–H and O–H groups in total. The van der Waals surface area contributed by atoms with Crippen molar-refractivity contribution in [1.29, 1.82) is 5.26 Å². The first-order valence-electron chi connectivity index (χ1n) is 6.75. The lowest BCUT2D eigenvalue weighted by Gasteiger charge is -2.21. The number of para-hydroxylation sites is 1. The number of pyridine rings is 1. The molecular formula is C16H15N3O2S. The van der Waals surface area contributed by atoms with Crippen molar-refractivity contribution in [1.82, 2.24) is 0 Å². The van der Waals surface area contributed by atoms with Gasteiger partial charge in [0.05, 0.1) is 18.2 Å². The Hall–Kier alpha value is -2.52. The van der Waals surface area contributed by atoms with Crippen LogP contribution in [0.2, 0.25) is 0 Å². The van der Waals surface area contributed by atoms with E-state index in [-0.39, 0.29) is 18.1 Å². The quantitative estimate of drug-likeness (QED) is 0.466. The molecule has 0 bridgehead atoms. The molecule has 0 aliphatic carbocycles. The van der Waals surface area contributed by atoms with Crippen LogP contribution in [0.5, 0.6) is 0 Å². The maximum atomic E-state index is 12.4. The van der Waals surface area contributed by atoms with E-state index in [0.717, 1.165) is 10.4 Å². The fraction of sp³-hybridized carbons (Fsp3) is 0.188. The maximum Gasteiger partial charge on any atom is 0.251 e. The van der Waals surface area contributed by atoms with Gasteiger partial charge in [-0.3, -0.25) is 4.79 Å². The second-order valence-electron chi connectivity index (χ2n) is 4.44. The standard InChI is InChI=1S/C16H15N3O2S/c17-10-6-11-18(14-7-2-1-3-8-14)15(20)13-22-16-9-4-5-12-19(16)21/h1-5,7-9,12H,6,11,13H2. The van der Waals surface area contributed by atoms with Crippen molar-refractivity contribution in [2.24, 2.45) is 0 Å². The highest BCUT2D eigenvalue weighted by Crippen LogP contribution is 2.18. The molecule has 0 unspecified atom stereocenters. The average Bonchev–Trinajstić information content (AvgIpc) is 2.55. The molecule has 0 aliphatic rings. The third-order valence-corrected chi connectivity index (χ3v) is 3.95. The van der Waals surface area contributed by atoms with Gasteiger partial charge in [0.1, 0.15) is 0 Å². The summed E-state index contributed by atoms with van der Waals surface area (Å²) in [7, 11) is 0. The van der Waals surface area contributed by atoms with Crippen LogP contribution < -0.4 is 9.63 Å². The van der Waals surface area contributed by atoms with Gasteiger partial charge in [0.15, 0.2) is 6.20 Å². The number of carbonyl (C=O) groups is 1. The predicted molar refractivity (Wildman–Crippen MR) is 85.2 cm³/mol. The van der Waals surface area contributed by atoms with Crippen LogP contribution in [0.1, 0.15) is 6.42 Å². The number of hydrogen-bond acceptors (Lipinski definition) is 4. The Morgan fingerprint density at radius 3 is 2.64 bits per heavy atom. The Labute approximate surface area is 133 Å². The Balaban J connectivity index is 2.06. The van der Waals surface area contributed by atoms with E-state index in [1.165, 1.54) is 18.0 Å². The van der Waals surface area contributed by atoms with Gasteiger partial charge in [-0.2, -0.15) is 9.99 Å². The summed E-state index contributed by atoms with van der Waals surface area (Å²) >= 11 is 1.19. The van der Waals surface area contributed by atoms with Crippen LogP contribution in [-0.4, -0.2) is 18.2 Å². The summed E-state index contributed by atoms with van der Waals surface area (Å²) in [5.74, 6) is 0.0161. The van der Waals surface area contributed by atoms with E-state index in [1.54, 1.807) is 23.1 Å². The molecule has 6 heteroatoms. The first kappa shape index (κ1) is 15.9. The molecule has 0 saturated carbocycles. The molecule has 2 aromatic rings. The number of anilines is 1. The van der Waals surface area contributed by atoms with Gasteiger partial charge in [0.25, 0.3) is 5.03 Å². The molecule has 1 amide bonds. The molecule has 22 heavy (non-hydrogen) atoms. The Kier molecular flexibility index (Phi) is 5.81. The van der Waals surface area contributed by atoms with Gasteiger partial charge in [-0.25, -0.2) is 0 Å². The van der Waals surface area contributed by atoms with Gasteiger partial charge in [-0.05, 0) is 30.0 Å². The van der Waals surface area contributed by atoms with E-state index in [4.69, 9.17) is 5.26 Å². The molecule has 0 spiro atoms. The van der Waals surface area contributed by atoms with Crippen LogP contribution in [0.25, 0.3) is 0 Å². The number of thioether (sulfide) groups is 1. The van der Waals surface area contributed by atoms with Crippen molar-refractivity contribution in [2.75, 3.05) is 17.2 Å². The Bertz CT molecular complexity index is 671. The van der Waals surface area contributed by atoms with Crippen molar-refractivity contribution in [3.63, 3.8) is 0 Å². The number of benzene rings is 1. The van der Waals surface area contributed by atoms with Crippen molar-refractivity contribution in [3.8, 4) is 6.07 Å². The normalized spacial score (nSPS) is 9.95. The summed E-state index contributed by atoms with van der Waals surface area (Å²) in [6.07, 6.45) is 1.66. The van der Waals surface area contributed by atoms with Crippen LogP contribution in [-0.2, 0) is 4.79 Å². The van der Waals surface area contributed by atoms with Crippen LogP contribution in [0.3, 0.4) is 0 Å². The fourth-order valence-electron chi connectivity index (χ4n) is 1.91. The number of nitriles is 1. The summed E-state index contributed by atoms with van der Waals surface area (Å²) < 4.78 is 0.736. The molecule has 112 valence electrons. The van der Waals surface area contributed by atoms with Crippen molar-refractivity contribution < 1.29 is 9.52 Å². The first-order valence-corrected chi connectivity index (χ1v) is 7.74. The third kappa shape index (κ3) is 4.24. The lowest BCUT2D eigenvalue weighted by Crippen LogP contribution is -2.34. The molecule has 0 fully saturated rings. The van der Waals surface area contributed by atoms with Gasteiger partial charge in [0, 0.05) is 24.4 Å². The zero-order valence-corrected chi connectivity index (χ0v) is 12.7. The number of nitrogens with zero attached hydrogens (tertiary/aromatic N) is 3. The van der Waals surface area contributed by atoms with Crippen LogP contribution in [0.4, 0.5) is 5.69 Å². The molecule has 5 nitrogen and oxygen atoms in total. The SMILES string of the molecule is N#CCCN(C(=O)CSc1cccc[n+]1[O-])c1ccccc1. The minimum absolute atomic E-state index is 0.129. The topological polar surface area (TPSA) is 71.0 Å². The summed E-state index contributed by atoms with van der Waals surface area (Å²) in [6.45, 7) is 0.339. The molecule has 0 saturated heterocycles. The molecule has 0 aliphatic heterocycles. The zero-order valence-electron chi connectivity index (χ0n) is 11.9. The summed E-state index contributed by atoms with van der Waals surface area (Å²) in [4.78, 5) is 14.0. The van der Waals surface area contributed by atoms with Gasteiger partial charge in [-0.15, -0.1) is 0 Å². The van der Waals surface area contributed by atoms with E-state index in [9.17, 15) is 10.0 Å². The number of rotatable bonds is 6. The number of amides is 1. The minimum Gasteiger partial charge on any atom is -0.618 e. The summed E-state index contributed by atoms with van der Waals surface area (Å²) in [5.41, 5.74) is 0.756. The number of hydrogen-bond donors (Lipinski definition) is 0. The second kappa shape index (κ2) is 8.05. The largest absolute Gasteiger partial charge is 0.618 e. The zero-order chi connectivity index (χ0) is 15.8. The van der Waals surface area contributed by atoms with Crippen LogP contribution in [0.15, 0.2) is 59.8 Å². The molecule has 1 aromatic heterocycles. The van der Waals surface area contributed by atoms with E-state index >= 15 is 0 Å².